The number of carbonyl (C=O) groups is 2. The monoisotopic (exact) mass is 388 g/mol. The van der Waals surface area contributed by atoms with E-state index in [0.717, 1.165) is 0 Å². The number of aliphatic carboxylic acids is 1. The second-order valence-corrected chi connectivity index (χ2v) is 6.63. The molecule has 3 rings (SSSR count). The van der Waals surface area contributed by atoms with Gasteiger partial charge in [0.2, 0.25) is 0 Å². The molecule has 1 fully saturated rings. The zero-order valence-electron chi connectivity index (χ0n) is 13.3. The van der Waals surface area contributed by atoms with Gasteiger partial charge in [-0.3, -0.25) is 4.79 Å². The molecular weight excluding hydrogens is 376 g/mol. The zero-order valence-corrected chi connectivity index (χ0v) is 14.9. The molecule has 0 spiro atoms. The number of rotatable bonds is 5. The van der Waals surface area contributed by atoms with Crippen LogP contribution in [0.5, 0.6) is 5.75 Å². The van der Waals surface area contributed by atoms with Gasteiger partial charge in [-0.1, -0.05) is 35.9 Å². The molecule has 1 aliphatic heterocycles. The number of halogens is 1. The molecule has 1 amide bonds. The van der Waals surface area contributed by atoms with Gasteiger partial charge >= 0.3 is 5.97 Å². The maximum Gasteiger partial charge on any atom is 0.341 e. The lowest BCUT2D eigenvalue weighted by molar-refractivity contribution is -0.139. The Morgan fingerprint density at radius 2 is 2.08 bits per heavy atom. The fraction of sp³-hybridized carbons (Fsp3) is 0.0556. The van der Waals surface area contributed by atoms with E-state index in [4.69, 9.17) is 21.4 Å². The average molecular weight is 389 g/mol. The Kier molecular flexibility index (Phi) is 5.60. The largest absolute Gasteiger partial charge is 0.482 e. The summed E-state index contributed by atoms with van der Waals surface area (Å²) in [5.41, 5.74) is 1.28. The van der Waals surface area contributed by atoms with Crippen LogP contribution in [0.4, 0.5) is 5.69 Å². The summed E-state index contributed by atoms with van der Waals surface area (Å²) in [6.07, 6.45) is 1.68. The fourth-order valence-electron chi connectivity index (χ4n) is 2.12. The van der Waals surface area contributed by atoms with Gasteiger partial charge in [-0.2, -0.15) is 0 Å². The molecule has 0 unspecified atom stereocenters. The molecular formula is C18H13ClN2O4S. The molecule has 1 heterocycles. The van der Waals surface area contributed by atoms with Crippen LogP contribution in [0.2, 0.25) is 5.02 Å². The van der Waals surface area contributed by atoms with Crippen LogP contribution in [0.1, 0.15) is 5.56 Å². The lowest BCUT2D eigenvalue weighted by Gasteiger charge is -2.03. The second-order valence-electron chi connectivity index (χ2n) is 5.19. The number of nitrogens with zero attached hydrogens (tertiary/aromatic N) is 1. The highest BCUT2D eigenvalue weighted by molar-refractivity contribution is 8.18. The highest BCUT2D eigenvalue weighted by atomic mass is 35.5. The quantitative estimate of drug-likeness (QED) is 0.762. The first-order valence-electron chi connectivity index (χ1n) is 7.50. The number of ether oxygens (including phenoxy) is 1. The van der Waals surface area contributed by atoms with Crippen LogP contribution in [0, 0.1) is 0 Å². The van der Waals surface area contributed by atoms with Crippen molar-refractivity contribution in [3.8, 4) is 5.75 Å². The van der Waals surface area contributed by atoms with Crippen LogP contribution in [0.3, 0.4) is 0 Å². The second kappa shape index (κ2) is 8.07. The number of aliphatic imine (C=N–C) groups is 1. The summed E-state index contributed by atoms with van der Waals surface area (Å²) in [5, 5.41) is 12.3. The van der Waals surface area contributed by atoms with Gasteiger partial charge < -0.3 is 15.2 Å². The number of para-hydroxylation sites is 1. The SMILES string of the molecule is O=C(O)COc1cccc(/C=C2/S/C(=N/c3ccccc3Cl)NC2=O)c1. The summed E-state index contributed by atoms with van der Waals surface area (Å²) >= 11 is 7.27. The first-order valence-corrected chi connectivity index (χ1v) is 8.69. The zero-order chi connectivity index (χ0) is 18.5. The third-order valence-electron chi connectivity index (χ3n) is 3.24. The number of carbonyl (C=O) groups excluding carboxylic acids is 1. The summed E-state index contributed by atoms with van der Waals surface area (Å²) in [6.45, 7) is -0.427. The summed E-state index contributed by atoms with van der Waals surface area (Å²) in [7, 11) is 0. The number of carboxylic acid groups (broad SMARTS) is 1. The molecule has 26 heavy (non-hydrogen) atoms. The molecule has 0 atom stereocenters. The molecule has 132 valence electrons. The summed E-state index contributed by atoms with van der Waals surface area (Å²) in [5.74, 6) is -0.910. The normalized spacial score (nSPS) is 16.7. The van der Waals surface area contributed by atoms with E-state index in [1.54, 1.807) is 48.5 Å². The van der Waals surface area contributed by atoms with Gasteiger partial charge in [0.25, 0.3) is 5.91 Å². The van der Waals surface area contributed by atoms with Crippen molar-refractivity contribution in [2.75, 3.05) is 6.61 Å². The molecule has 1 saturated heterocycles. The van der Waals surface area contributed by atoms with Crippen LogP contribution in [0.15, 0.2) is 58.4 Å². The van der Waals surface area contributed by atoms with Crippen molar-refractivity contribution in [2.45, 2.75) is 0 Å². The van der Waals surface area contributed by atoms with Crippen LogP contribution in [-0.4, -0.2) is 28.8 Å². The molecule has 8 heteroatoms. The number of thioether (sulfide) groups is 1. The lowest BCUT2D eigenvalue weighted by atomic mass is 10.2. The van der Waals surface area contributed by atoms with Gasteiger partial charge in [0.1, 0.15) is 5.75 Å². The number of nitrogens with one attached hydrogen (secondary N) is 1. The minimum Gasteiger partial charge on any atom is -0.482 e. The number of amides is 1. The number of benzene rings is 2. The van der Waals surface area contributed by atoms with Crippen molar-refractivity contribution in [1.82, 2.24) is 5.32 Å². The minimum atomic E-state index is -1.06. The van der Waals surface area contributed by atoms with E-state index >= 15 is 0 Å². The van der Waals surface area contributed by atoms with Crippen LogP contribution >= 0.6 is 23.4 Å². The van der Waals surface area contributed by atoms with Crippen molar-refractivity contribution in [3.05, 3.63) is 64.0 Å². The predicted octanol–water partition coefficient (Wildman–Crippen LogP) is 3.70. The molecule has 0 radical (unpaired) electrons. The number of carboxylic acids is 1. The van der Waals surface area contributed by atoms with E-state index in [-0.39, 0.29) is 5.91 Å². The smallest absolute Gasteiger partial charge is 0.341 e. The van der Waals surface area contributed by atoms with E-state index in [9.17, 15) is 9.59 Å². The number of hydrogen-bond acceptors (Lipinski definition) is 5. The van der Waals surface area contributed by atoms with E-state index < -0.39 is 12.6 Å². The Balaban J connectivity index is 1.78. The Morgan fingerprint density at radius 1 is 1.27 bits per heavy atom. The molecule has 0 saturated carbocycles. The first-order chi connectivity index (χ1) is 12.5. The van der Waals surface area contributed by atoms with Crippen molar-refractivity contribution in [3.63, 3.8) is 0 Å². The van der Waals surface area contributed by atoms with Gasteiger partial charge in [-0.05, 0) is 47.7 Å². The van der Waals surface area contributed by atoms with Gasteiger partial charge in [0, 0.05) is 0 Å². The first kappa shape index (κ1) is 18.0. The third-order valence-corrected chi connectivity index (χ3v) is 4.47. The van der Waals surface area contributed by atoms with Crippen LogP contribution in [0.25, 0.3) is 6.08 Å². The molecule has 0 bridgehead atoms. The molecule has 2 N–H and O–H groups in total. The standard InChI is InChI=1S/C18H13ClN2O4S/c19-13-6-1-2-7-14(13)20-18-21-17(24)15(26-18)9-11-4-3-5-12(8-11)25-10-16(22)23/h1-9H,10H2,(H,22,23)(H,20,21,24)/b15-9+. The van der Waals surface area contributed by atoms with Crippen molar-refractivity contribution < 1.29 is 19.4 Å². The van der Waals surface area contributed by atoms with Crippen LogP contribution < -0.4 is 10.1 Å². The van der Waals surface area contributed by atoms with Gasteiger partial charge in [-0.25, -0.2) is 9.79 Å². The Labute approximate surface area is 158 Å². The Morgan fingerprint density at radius 3 is 2.85 bits per heavy atom. The summed E-state index contributed by atoms with van der Waals surface area (Å²) in [6, 6.07) is 13.9. The number of amidine groups is 1. The van der Waals surface area contributed by atoms with E-state index in [2.05, 4.69) is 10.3 Å². The van der Waals surface area contributed by atoms with Gasteiger partial charge in [-0.15, -0.1) is 0 Å². The molecule has 2 aromatic carbocycles. The molecule has 2 aromatic rings. The maximum atomic E-state index is 12.1. The van der Waals surface area contributed by atoms with Crippen molar-refractivity contribution in [1.29, 1.82) is 0 Å². The van der Waals surface area contributed by atoms with Gasteiger partial charge in [0.05, 0.1) is 15.6 Å². The van der Waals surface area contributed by atoms with Gasteiger partial charge in [0.15, 0.2) is 11.8 Å². The average Bonchev–Trinajstić information content (AvgIpc) is 2.95. The topological polar surface area (TPSA) is 88.0 Å². The Hall–Kier alpha value is -2.77. The number of hydrogen-bond donors (Lipinski definition) is 2. The minimum absolute atomic E-state index is 0.266. The maximum absolute atomic E-state index is 12.1. The summed E-state index contributed by atoms with van der Waals surface area (Å²) in [4.78, 5) is 27.5. The molecule has 0 aliphatic carbocycles. The van der Waals surface area contributed by atoms with E-state index in [1.807, 2.05) is 6.07 Å². The van der Waals surface area contributed by atoms with Crippen molar-refractivity contribution in [2.24, 2.45) is 4.99 Å². The summed E-state index contributed by atoms with van der Waals surface area (Å²) < 4.78 is 5.14. The lowest BCUT2D eigenvalue weighted by Crippen LogP contribution is -2.19. The van der Waals surface area contributed by atoms with E-state index in [1.165, 1.54) is 11.8 Å². The molecule has 6 nitrogen and oxygen atoms in total. The molecule has 1 aliphatic rings. The predicted molar refractivity (Wildman–Crippen MR) is 102 cm³/mol. The third kappa shape index (κ3) is 4.65. The van der Waals surface area contributed by atoms with Crippen LogP contribution in [-0.2, 0) is 9.59 Å². The highest BCUT2D eigenvalue weighted by Gasteiger charge is 2.24. The molecule has 0 aromatic heterocycles. The van der Waals surface area contributed by atoms with Crippen molar-refractivity contribution >= 4 is 52.2 Å². The van der Waals surface area contributed by atoms with E-state index in [0.29, 0.717) is 32.1 Å². The fourth-order valence-corrected chi connectivity index (χ4v) is 3.14. The highest BCUT2D eigenvalue weighted by Crippen LogP contribution is 2.31. The Bertz CT molecular complexity index is 927.